The van der Waals surface area contributed by atoms with Gasteiger partial charge in [0.05, 0.1) is 12.7 Å². The van der Waals surface area contributed by atoms with Gasteiger partial charge in [-0.25, -0.2) is 0 Å². The Labute approximate surface area is 115 Å². The fourth-order valence-electron chi connectivity index (χ4n) is 3.07. The molecule has 0 aromatic rings. The van der Waals surface area contributed by atoms with Gasteiger partial charge in [0, 0.05) is 6.42 Å². The van der Waals surface area contributed by atoms with Crippen LogP contribution in [0.4, 0.5) is 0 Å². The van der Waals surface area contributed by atoms with Crippen molar-refractivity contribution in [3.8, 4) is 0 Å². The third-order valence-corrected chi connectivity index (χ3v) is 4.36. The van der Waals surface area contributed by atoms with Crippen LogP contribution < -0.4 is 0 Å². The number of hydrogen-bond donors (Lipinski definition) is 0. The fraction of sp³-hybridized carbons (Fsp3) is 0.733. The summed E-state index contributed by atoms with van der Waals surface area (Å²) in [5, 5.41) is -0.181. The molecule has 0 saturated carbocycles. The molecule has 2 aliphatic rings. The first-order chi connectivity index (χ1) is 8.38. The van der Waals surface area contributed by atoms with Crippen LogP contribution in [0.1, 0.15) is 40.0 Å². The predicted molar refractivity (Wildman–Crippen MR) is 74.8 cm³/mol. The first-order valence-corrected chi connectivity index (χ1v) is 7.08. The Morgan fingerprint density at radius 2 is 2.28 bits per heavy atom. The van der Waals surface area contributed by atoms with Crippen molar-refractivity contribution in [2.24, 2.45) is 5.41 Å². The molecule has 0 radical (unpaired) electrons. The quantitative estimate of drug-likeness (QED) is 0.569. The van der Waals surface area contributed by atoms with Crippen LogP contribution in [0.25, 0.3) is 0 Å². The SMILES string of the molecule is C=CCCC1COC2(CC(C)(C)C=C(C)C2Cl)O1. The van der Waals surface area contributed by atoms with E-state index in [0.717, 1.165) is 24.8 Å². The molecule has 1 fully saturated rings. The second-order valence-electron chi connectivity index (χ2n) is 6.14. The number of hydrogen-bond acceptors (Lipinski definition) is 2. The fourth-order valence-corrected chi connectivity index (χ4v) is 3.32. The van der Waals surface area contributed by atoms with Crippen molar-refractivity contribution in [3.63, 3.8) is 0 Å². The normalized spacial score (nSPS) is 38.8. The van der Waals surface area contributed by atoms with E-state index in [1.54, 1.807) is 0 Å². The maximum absolute atomic E-state index is 6.52. The second kappa shape index (κ2) is 4.99. The van der Waals surface area contributed by atoms with E-state index >= 15 is 0 Å². The molecule has 2 nitrogen and oxygen atoms in total. The highest BCUT2D eigenvalue weighted by Gasteiger charge is 2.52. The van der Waals surface area contributed by atoms with Crippen LogP contribution in [0, 0.1) is 5.41 Å². The van der Waals surface area contributed by atoms with Crippen LogP contribution in [0.5, 0.6) is 0 Å². The lowest BCUT2D eigenvalue weighted by atomic mass is 9.76. The van der Waals surface area contributed by atoms with Crippen molar-refractivity contribution in [3.05, 3.63) is 24.3 Å². The molecule has 0 aromatic carbocycles. The molecule has 3 heteroatoms. The first-order valence-electron chi connectivity index (χ1n) is 6.65. The van der Waals surface area contributed by atoms with Gasteiger partial charge in [-0.05, 0) is 25.2 Å². The number of alkyl halides is 1. The third kappa shape index (κ3) is 2.66. The highest BCUT2D eigenvalue weighted by atomic mass is 35.5. The third-order valence-electron chi connectivity index (χ3n) is 3.68. The van der Waals surface area contributed by atoms with Crippen molar-refractivity contribution in [2.45, 2.75) is 57.3 Å². The van der Waals surface area contributed by atoms with Crippen molar-refractivity contribution in [2.75, 3.05) is 6.61 Å². The van der Waals surface area contributed by atoms with Crippen LogP contribution in [-0.4, -0.2) is 23.9 Å². The van der Waals surface area contributed by atoms with Crippen LogP contribution in [-0.2, 0) is 9.47 Å². The minimum atomic E-state index is -0.629. The Balaban J connectivity index is 2.13. The zero-order chi connectivity index (χ0) is 13.4. The average Bonchev–Trinajstić information content (AvgIpc) is 2.66. The van der Waals surface area contributed by atoms with E-state index in [1.807, 2.05) is 6.08 Å². The molecular formula is C15H23ClO2. The molecule has 0 aromatic heterocycles. The summed E-state index contributed by atoms with van der Waals surface area (Å²) in [6.45, 7) is 10.8. The van der Waals surface area contributed by atoms with Crippen LogP contribution in [0.3, 0.4) is 0 Å². The van der Waals surface area contributed by atoms with Crippen LogP contribution in [0.2, 0.25) is 0 Å². The monoisotopic (exact) mass is 270 g/mol. The van der Waals surface area contributed by atoms with Crippen molar-refractivity contribution < 1.29 is 9.47 Å². The summed E-state index contributed by atoms with van der Waals surface area (Å²) in [5.74, 6) is -0.629. The van der Waals surface area contributed by atoms with Gasteiger partial charge in [-0.15, -0.1) is 18.2 Å². The molecule has 2 rings (SSSR count). The number of rotatable bonds is 3. The average molecular weight is 271 g/mol. The topological polar surface area (TPSA) is 18.5 Å². The van der Waals surface area contributed by atoms with Gasteiger partial charge in [-0.1, -0.05) is 31.6 Å². The summed E-state index contributed by atoms with van der Waals surface area (Å²) in [4.78, 5) is 0. The Bertz CT molecular complexity index is 362. The lowest BCUT2D eigenvalue weighted by Crippen LogP contribution is -2.48. The van der Waals surface area contributed by atoms with Gasteiger partial charge >= 0.3 is 0 Å². The van der Waals surface area contributed by atoms with Gasteiger partial charge in [0.1, 0.15) is 5.38 Å². The molecule has 0 bridgehead atoms. The summed E-state index contributed by atoms with van der Waals surface area (Å²) >= 11 is 6.52. The Morgan fingerprint density at radius 3 is 2.94 bits per heavy atom. The van der Waals surface area contributed by atoms with Gasteiger partial charge in [0.15, 0.2) is 5.79 Å². The maximum Gasteiger partial charge on any atom is 0.189 e. The summed E-state index contributed by atoms with van der Waals surface area (Å²) in [5.41, 5.74) is 1.22. The van der Waals surface area contributed by atoms with E-state index in [0.29, 0.717) is 6.61 Å². The smallest absolute Gasteiger partial charge is 0.189 e. The summed E-state index contributed by atoms with van der Waals surface area (Å²) in [6.07, 6.45) is 7.02. The highest BCUT2D eigenvalue weighted by Crippen LogP contribution is 2.48. The molecule has 0 amide bonds. The molecule has 1 spiro atoms. The van der Waals surface area contributed by atoms with Crippen molar-refractivity contribution in [1.82, 2.24) is 0 Å². The second-order valence-corrected chi connectivity index (χ2v) is 6.58. The van der Waals surface area contributed by atoms with E-state index in [9.17, 15) is 0 Å². The summed E-state index contributed by atoms with van der Waals surface area (Å²) < 4.78 is 12.1. The summed E-state index contributed by atoms with van der Waals surface area (Å²) in [6, 6.07) is 0. The van der Waals surface area contributed by atoms with Gasteiger partial charge in [-0.2, -0.15) is 0 Å². The largest absolute Gasteiger partial charge is 0.345 e. The first kappa shape index (κ1) is 14.1. The lowest BCUT2D eigenvalue weighted by molar-refractivity contribution is -0.184. The number of ether oxygens (including phenoxy) is 2. The standard InChI is InChI=1S/C15H23ClO2/c1-5-6-7-12-9-17-15(18-12)10-14(3,4)8-11(2)13(15)16/h5,8,12-13H,1,6-7,9-10H2,2-4H3. The molecule has 1 aliphatic carbocycles. The van der Waals surface area contributed by atoms with Crippen LogP contribution in [0.15, 0.2) is 24.3 Å². The van der Waals surface area contributed by atoms with Gasteiger partial charge in [-0.3, -0.25) is 0 Å². The van der Waals surface area contributed by atoms with E-state index in [4.69, 9.17) is 21.1 Å². The maximum atomic E-state index is 6.52. The van der Waals surface area contributed by atoms with E-state index in [1.165, 1.54) is 0 Å². The zero-order valence-electron chi connectivity index (χ0n) is 11.5. The molecule has 0 N–H and O–H groups in total. The van der Waals surface area contributed by atoms with Gasteiger partial charge in [0.25, 0.3) is 0 Å². The van der Waals surface area contributed by atoms with E-state index < -0.39 is 5.79 Å². The van der Waals surface area contributed by atoms with Crippen molar-refractivity contribution in [1.29, 1.82) is 0 Å². The molecule has 3 atom stereocenters. The lowest BCUT2D eigenvalue weighted by Gasteiger charge is -2.42. The Hall–Kier alpha value is -0.310. The number of halogens is 1. The molecule has 3 unspecified atom stereocenters. The molecule has 1 saturated heterocycles. The zero-order valence-corrected chi connectivity index (χ0v) is 12.3. The predicted octanol–water partition coefficient (Wildman–Crippen LogP) is 4.05. The highest BCUT2D eigenvalue weighted by molar-refractivity contribution is 6.23. The summed E-state index contributed by atoms with van der Waals surface area (Å²) in [7, 11) is 0. The van der Waals surface area contributed by atoms with Crippen LogP contribution >= 0.6 is 11.6 Å². The Morgan fingerprint density at radius 1 is 1.56 bits per heavy atom. The molecule has 18 heavy (non-hydrogen) atoms. The van der Waals surface area contributed by atoms with E-state index in [-0.39, 0.29) is 16.9 Å². The Kier molecular flexibility index (Phi) is 3.91. The minimum absolute atomic E-state index is 0.0722. The van der Waals surface area contributed by atoms with Gasteiger partial charge in [0.2, 0.25) is 0 Å². The van der Waals surface area contributed by atoms with Crippen molar-refractivity contribution >= 4 is 11.6 Å². The van der Waals surface area contributed by atoms with Gasteiger partial charge < -0.3 is 9.47 Å². The van der Waals surface area contributed by atoms with E-state index in [2.05, 4.69) is 33.4 Å². The minimum Gasteiger partial charge on any atom is -0.345 e. The molecule has 1 aliphatic heterocycles. The molecule has 102 valence electrons. The molecule has 1 heterocycles. The molecular weight excluding hydrogens is 248 g/mol. The number of allylic oxidation sites excluding steroid dienone is 2.